The molecule has 0 bridgehead atoms. The Labute approximate surface area is 155 Å². The lowest BCUT2D eigenvalue weighted by molar-refractivity contribution is -0.114. The summed E-state index contributed by atoms with van der Waals surface area (Å²) in [5, 5.41) is 6.74. The summed E-state index contributed by atoms with van der Waals surface area (Å²) in [5.74, 6) is -3.37. The second-order valence-electron chi connectivity index (χ2n) is 5.52. The highest BCUT2D eigenvalue weighted by molar-refractivity contribution is 7.14. The van der Waals surface area contributed by atoms with E-state index in [-0.39, 0.29) is 22.3 Å². The van der Waals surface area contributed by atoms with Crippen LogP contribution in [0, 0.1) is 17.5 Å². The Kier molecular flexibility index (Phi) is 5.22. The Morgan fingerprint density at radius 1 is 0.963 bits per heavy atom. The first kappa shape index (κ1) is 18.6. The molecule has 2 aromatic carbocycles. The molecule has 1 aromatic heterocycles. The van der Waals surface area contributed by atoms with Gasteiger partial charge >= 0.3 is 0 Å². The molecule has 3 rings (SSSR count). The van der Waals surface area contributed by atoms with Gasteiger partial charge in [-0.15, -0.1) is 11.3 Å². The van der Waals surface area contributed by atoms with Crippen LogP contribution in [0.5, 0.6) is 0 Å². The fourth-order valence-corrected chi connectivity index (χ4v) is 3.05. The molecule has 5 nitrogen and oxygen atoms in total. The Hall–Kier alpha value is -3.20. The summed E-state index contributed by atoms with van der Waals surface area (Å²) in [7, 11) is 0. The standard InChI is InChI=1S/C18H12F3N3O2S/c1-9(25)22-15-7-11(19)2-3-14(15)16-8-27-18(23-16)24-17(26)10-4-12(20)6-13(21)5-10/h2-8H,1H3,(H,22,25)(H,23,24,26). The van der Waals surface area contributed by atoms with Crippen molar-refractivity contribution in [2.24, 2.45) is 0 Å². The zero-order valence-electron chi connectivity index (χ0n) is 13.8. The summed E-state index contributed by atoms with van der Waals surface area (Å²) < 4.78 is 39.9. The molecule has 0 saturated heterocycles. The van der Waals surface area contributed by atoms with Gasteiger partial charge in [0.1, 0.15) is 17.5 Å². The number of thiazole rings is 1. The molecule has 0 radical (unpaired) electrons. The van der Waals surface area contributed by atoms with E-state index in [1.165, 1.54) is 19.1 Å². The molecule has 0 atom stereocenters. The average molecular weight is 391 g/mol. The Morgan fingerprint density at radius 2 is 1.67 bits per heavy atom. The Morgan fingerprint density at radius 3 is 2.33 bits per heavy atom. The number of aromatic nitrogens is 1. The molecular weight excluding hydrogens is 379 g/mol. The van der Waals surface area contributed by atoms with Gasteiger partial charge in [0.15, 0.2) is 5.13 Å². The first-order valence-electron chi connectivity index (χ1n) is 7.62. The van der Waals surface area contributed by atoms with Crippen molar-refractivity contribution < 1.29 is 22.8 Å². The molecular formula is C18H12F3N3O2S. The van der Waals surface area contributed by atoms with Gasteiger partial charge < -0.3 is 5.32 Å². The van der Waals surface area contributed by atoms with Crippen LogP contribution >= 0.6 is 11.3 Å². The molecule has 9 heteroatoms. The van der Waals surface area contributed by atoms with Gasteiger partial charge in [0.2, 0.25) is 5.91 Å². The third kappa shape index (κ3) is 4.50. The van der Waals surface area contributed by atoms with E-state index in [1.807, 2.05) is 0 Å². The van der Waals surface area contributed by atoms with Crippen LogP contribution in [0.4, 0.5) is 24.0 Å². The lowest BCUT2D eigenvalue weighted by Gasteiger charge is -2.08. The summed E-state index contributed by atoms with van der Waals surface area (Å²) >= 11 is 1.07. The molecule has 2 amide bonds. The number of nitrogens with zero attached hydrogens (tertiary/aromatic N) is 1. The number of amides is 2. The minimum absolute atomic E-state index is 0.178. The van der Waals surface area contributed by atoms with E-state index in [9.17, 15) is 22.8 Å². The topological polar surface area (TPSA) is 71.1 Å². The van der Waals surface area contributed by atoms with Crippen LogP contribution in [0.15, 0.2) is 41.8 Å². The monoisotopic (exact) mass is 391 g/mol. The maximum Gasteiger partial charge on any atom is 0.257 e. The summed E-state index contributed by atoms with van der Waals surface area (Å²) in [4.78, 5) is 27.7. The molecule has 3 aromatic rings. The summed E-state index contributed by atoms with van der Waals surface area (Å²) in [6.07, 6.45) is 0. The maximum absolute atomic E-state index is 13.5. The lowest BCUT2D eigenvalue weighted by atomic mass is 10.1. The molecule has 0 aliphatic carbocycles. The zero-order chi connectivity index (χ0) is 19.6. The van der Waals surface area contributed by atoms with Crippen molar-refractivity contribution in [1.82, 2.24) is 4.98 Å². The molecule has 2 N–H and O–H groups in total. The molecule has 0 aliphatic heterocycles. The largest absolute Gasteiger partial charge is 0.326 e. The van der Waals surface area contributed by atoms with E-state index in [1.54, 1.807) is 5.38 Å². The number of nitrogens with one attached hydrogen (secondary N) is 2. The average Bonchev–Trinajstić information content (AvgIpc) is 3.01. The van der Waals surface area contributed by atoms with Crippen molar-refractivity contribution in [2.75, 3.05) is 10.6 Å². The van der Waals surface area contributed by atoms with Crippen molar-refractivity contribution in [2.45, 2.75) is 6.92 Å². The number of anilines is 2. The van der Waals surface area contributed by atoms with Crippen molar-refractivity contribution in [3.05, 3.63) is 64.8 Å². The van der Waals surface area contributed by atoms with E-state index in [0.29, 0.717) is 17.3 Å². The number of hydrogen-bond donors (Lipinski definition) is 2. The molecule has 27 heavy (non-hydrogen) atoms. The number of hydrogen-bond acceptors (Lipinski definition) is 4. The van der Waals surface area contributed by atoms with E-state index in [2.05, 4.69) is 15.6 Å². The third-order valence-corrected chi connectivity index (χ3v) is 4.18. The van der Waals surface area contributed by atoms with Crippen LogP contribution < -0.4 is 10.6 Å². The van der Waals surface area contributed by atoms with Gasteiger partial charge in [0.25, 0.3) is 5.91 Å². The van der Waals surface area contributed by atoms with E-state index < -0.39 is 23.4 Å². The highest BCUT2D eigenvalue weighted by Crippen LogP contribution is 2.31. The first-order chi connectivity index (χ1) is 12.8. The smallest absolute Gasteiger partial charge is 0.257 e. The van der Waals surface area contributed by atoms with Crippen molar-refractivity contribution >= 4 is 34.0 Å². The Balaban J connectivity index is 1.85. The minimum atomic E-state index is -0.869. The van der Waals surface area contributed by atoms with Gasteiger partial charge in [-0.1, -0.05) is 0 Å². The van der Waals surface area contributed by atoms with Crippen LogP contribution in [-0.2, 0) is 4.79 Å². The van der Waals surface area contributed by atoms with Crippen LogP contribution in [0.1, 0.15) is 17.3 Å². The first-order valence-corrected chi connectivity index (χ1v) is 8.50. The second-order valence-corrected chi connectivity index (χ2v) is 6.38. The fourth-order valence-electron chi connectivity index (χ4n) is 2.34. The SMILES string of the molecule is CC(=O)Nc1cc(F)ccc1-c1csc(NC(=O)c2cc(F)cc(F)c2)n1. The van der Waals surface area contributed by atoms with Crippen molar-refractivity contribution in [3.63, 3.8) is 0 Å². The van der Waals surface area contributed by atoms with Crippen LogP contribution in [0.2, 0.25) is 0 Å². The van der Waals surface area contributed by atoms with E-state index in [0.717, 1.165) is 29.5 Å². The summed E-state index contributed by atoms with van der Waals surface area (Å²) in [5.41, 5.74) is 0.896. The maximum atomic E-state index is 13.5. The molecule has 0 spiro atoms. The predicted molar refractivity (Wildman–Crippen MR) is 96.1 cm³/mol. The Bertz CT molecular complexity index is 1020. The van der Waals surface area contributed by atoms with Gasteiger partial charge in [-0.3, -0.25) is 14.9 Å². The molecule has 0 saturated carbocycles. The summed E-state index contributed by atoms with van der Waals surface area (Å²) in [6.45, 7) is 1.29. The van der Waals surface area contributed by atoms with E-state index in [4.69, 9.17) is 0 Å². The van der Waals surface area contributed by atoms with Gasteiger partial charge in [0, 0.05) is 29.5 Å². The number of benzene rings is 2. The second kappa shape index (κ2) is 7.58. The third-order valence-electron chi connectivity index (χ3n) is 3.42. The van der Waals surface area contributed by atoms with Crippen molar-refractivity contribution in [3.8, 4) is 11.3 Å². The van der Waals surface area contributed by atoms with Crippen LogP contribution in [0.25, 0.3) is 11.3 Å². The predicted octanol–water partition coefficient (Wildman–Crippen LogP) is 4.44. The number of carbonyl (C=O) groups is 2. The van der Waals surface area contributed by atoms with Crippen LogP contribution in [0.3, 0.4) is 0 Å². The van der Waals surface area contributed by atoms with Gasteiger partial charge in [0.05, 0.1) is 11.4 Å². The normalized spacial score (nSPS) is 10.5. The van der Waals surface area contributed by atoms with Crippen molar-refractivity contribution in [1.29, 1.82) is 0 Å². The highest BCUT2D eigenvalue weighted by atomic mass is 32.1. The van der Waals surface area contributed by atoms with Crippen LogP contribution in [-0.4, -0.2) is 16.8 Å². The van der Waals surface area contributed by atoms with Gasteiger partial charge in [-0.05, 0) is 30.3 Å². The quantitative estimate of drug-likeness (QED) is 0.691. The van der Waals surface area contributed by atoms with E-state index >= 15 is 0 Å². The molecule has 1 heterocycles. The van der Waals surface area contributed by atoms with Gasteiger partial charge in [-0.2, -0.15) is 0 Å². The van der Waals surface area contributed by atoms with Gasteiger partial charge in [-0.25, -0.2) is 18.2 Å². The number of carbonyl (C=O) groups excluding carboxylic acids is 2. The molecule has 138 valence electrons. The minimum Gasteiger partial charge on any atom is -0.326 e. The number of rotatable bonds is 4. The highest BCUT2D eigenvalue weighted by Gasteiger charge is 2.15. The molecule has 0 unspecified atom stereocenters. The molecule has 0 aliphatic rings. The number of halogens is 3. The summed E-state index contributed by atoms with van der Waals surface area (Å²) in [6, 6.07) is 6.29. The zero-order valence-corrected chi connectivity index (χ0v) is 14.7. The lowest BCUT2D eigenvalue weighted by Crippen LogP contribution is -2.12. The fraction of sp³-hybridized carbons (Fsp3) is 0.0556. The molecule has 0 fully saturated rings.